The molecule has 0 aromatic heterocycles. The van der Waals surface area contributed by atoms with Crippen molar-refractivity contribution >= 4 is 11.8 Å². The summed E-state index contributed by atoms with van der Waals surface area (Å²) in [7, 11) is 5.26. The second kappa shape index (κ2) is 8.35. The molecule has 31 heavy (non-hydrogen) atoms. The van der Waals surface area contributed by atoms with Crippen LogP contribution in [0.1, 0.15) is 33.5 Å². The molecule has 2 aliphatic heterocycles. The van der Waals surface area contributed by atoms with Crippen LogP contribution >= 0.6 is 0 Å². The zero-order chi connectivity index (χ0) is 22.2. The molecule has 2 atom stereocenters. The average Bonchev–Trinajstić information content (AvgIpc) is 3.02. The molecule has 2 amide bonds. The standard InChI is InChI=1S/C25H31N3O3/c1-17-9-10-22(31-4)19(13-17)14-28-15-21(24(30)27(2)3)25(16-28)12-11-18-7-5-6-8-20(18)23(29)26-25/h5-10,13,21H,11-12,14-16H2,1-4H3,(H,26,29)/t21-,25-/m1/s1. The number of benzene rings is 2. The maximum absolute atomic E-state index is 13.2. The van der Waals surface area contributed by atoms with Gasteiger partial charge in [-0.05, 0) is 37.5 Å². The van der Waals surface area contributed by atoms with Gasteiger partial charge >= 0.3 is 0 Å². The molecule has 0 unspecified atom stereocenters. The van der Waals surface area contributed by atoms with Crippen LogP contribution in [0.15, 0.2) is 42.5 Å². The monoisotopic (exact) mass is 421 g/mol. The lowest BCUT2D eigenvalue weighted by molar-refractivity contribution is -0.134. The Bertz CT molecular complexity index is 1000. The first kappa shape index (κ1) is 21.4. The molecule has 6 heteroatoms. The molecule has 4 rings (SSSR count). The van der Waals surface area contributed by atoms with Gasteiger partial charge in [0.05, 0.1) is 18.6 Å². The predicted octanol–water partition coefficient (Wildman–Crippen LogP) is 2.64. The largest absolute Gasteiger partial charge is 0.496 e. The van der Waals surface area contributed by atoms with Crippen molar-refractivity contribution < 1.29 is 14.3 Å². The quantitative estimate of drug-likeness (QED) is 0.825. The molecule has 1 N–H and O–H groups in total. The average molecular weight is 422 g/mol. The molecule has 2 aromatic carbocycles. The van der Waals surface area contributed by atoms with Crippen molar-refractivity contribution in [3.63, 3.8) is 0 Å². The first-order valence-electron chi connectivity index (χ1n) is 10.8. The van der Waals surface area contributed by atoms with E-state index in [1.807, 2.05) is 36.4 Å². The van der Waals surface area contributed by atoms with Gasteiger partial charge in [0.25, 0.3) is 5.91 Å². The van der Waals surface area contributed by atoms with Crippen LogP contribution in [0.3, 0.4) is 0 Å². The molecule has 1 saturated heterocycles. The Balaban J connectivity index is 1.66. The van der Waals surface area contributed by atoms with Gasteiger partial charge in [0.2, 0.25) is 5.91 Å². The molecule has 2 aliphatic rings. The minimum absolute atomic E-state index is 0.0602. The number of hydrogen-bond acceptors (Lipinski definition) is 4. The van der Waals surface area contributed by atoms with Crippen LogP contribution in [0.2, 0.25) is 0 Å². The molecule has 6 nitrogen and oxygen atoms in total. The highest BCUT2D eigenvalue weighted by Crippen LogP contribution is 2.37. The van der Waals surface area contributed by atoms with E-state index < -0.39 is 5.54 Å². The van der Waals surface area contributed by atoms with Crippen molar-refractivity contribution in [2.75, 3.05) is 34.3 Å². The predicted molar refractivity (Wildman–Crippen MR) is 120 cm³/mol. The van der Waals surface area contributed by atoms with Gasteiger partial charge in [0.15, 0.2) is 0 Å². The zero-order valence-corrected chi connectivity index (χ0v) is 18.8. The van der Waals surface area contributed by atoms with E-state index in [9.17, 15) is 9.59 Å². The van der Waals surface area contributed by atoms with Gasteiger partial charge in [-0.15, -0.1) is 0 Å². The van der Waals surface area contributed by atoms with Gasteiger partial charge in [-0.1, -0.05) is 35.9 Å². The first-order chi connectivity index (χ1) is 14.8. The van der Waals surface area contributed by atoms with Crippen molar-refractivity contribution in [1.82, 2.24) is 15.1 Å². The fourth-order valence-electron chi connectivity index (χ4n) is 5.08. The number of fused-ring (bicyclic) bond motifs is 1. The summed E-state index contributed by atoms with van der Waals surface area (Å²) in [5, 5.41) is 3.29. The summed E-state index contributed by atoms with van der Waals surface area (Å²) in [4.78, 5) is 30.3. The van der Waals surface area contributed by atoms with Gasteiger partial charge in [-0.2, -0.15) is 0 Å². The second-order valence-corrected chi connectivity index (χ2v) is 9.04. The van der Waals surface area contributed by atoms with E-state index >= 15 is 0 Å². The van der Waals surface area contributed by atoms with Gasteiger partial charge in [-0.3, -0.25) is 14.5 Å². The van der Waals surface area contributed by atoms with Crippen LogP contribution in [0.5, 0.6) is 5.75 Å². The number of carbonyl (C=O) groups excluding carboxylic acids is 2. The SMILES string of the molecule is COc1ccc(C)cc1CN1C[C@H](C(=O)N(C)C)[C@@]2(CCc3ccccc3C(=O)N2)C1. The number of nitrogens with one attached hydrogen (secondary N) is 1. The molecule has 0 aliphatic carbocycles. The summed E-state index contributed by atoms with van der Waals surface area (Å²) in [5.41, 5.74) is 3.44. The fourth-order valence-corrected chi connectivity index (χ4v) is 5.08. The minimum atomic E-state index is -0.589. The number of carbonyl (C=O) groups is 2. The number of hydrogen-bond donors (Lipinski definition) is 1. The first-order valence-corrected chi connectivity index (χ1v) is 10.8. The number of methoxy groups -OCH3 is 1. The third-order valence-electron chi connectivity index (χ3n) is 6.65. The zero-order valence-electron chi connectivity index (χ0n) is 18.8. The third kappa shape index (κ3) is 4.04. The highest BCUT2D eigenvalue weighted by molar-refractivity contribution is 5.97. The fraction of sp³-hybridized carbons (Fsp3) is 0.440. The molecule has 1 spiro atoms. The number of aryl methyl sites for hydroxylation is 2. The molecule has 0 radical (unpaired) electrons. The Labute approximate surface area is 184 Å². The van der Waals surface area contributed by atoms with Crippen LogP contribution < -0.4 is 10.1 Å². The van der Waals surface area contributed by atoms with Crippen molar-refractivity contribution in [3.05, 3.63) is 64.7 Å². The Kier molecular flexibility index (Phi) is 5.75. The maximum atomic E-state index is 13.2. The summed E-state index contributed by atoms with van der Waals surface area (Å²) >= 11 is 0. The minimum Gasteiger partial charge on any atom is -0.496 e. The van der Waals surface area contributed by atoms with E-state index in [1.165, 1.54) is 5.56 Å². The molecule has 0 bridgehead atoms. The van der Waals surface area contributed by atoms with Crippen LogP contribution in [0.4, 0.5) is 0 Å². The van der Waals surface area contributed by atoms with Crippen LogP contribution in [-0.4, -0.2) is 61.4 Å². The molecular weight excluding hydrogens is 390 g/mol. The highest BCUT2D eigenvalue weighted by Gasteiger charge is 2.52. The van der Waals surface area contributed by atoms with Gasteiger partial charge in [-0.25, -0.2) is 0 Å². The number of nitrogens with zero attached hydrogens (tertiary/aromatic N) is 2. The van der Waals surface area contributed by atoms with Crippen LogP contribution in [0, 0.1) is 12.8 Å². The summed E-state index contributed by atoms with van der Waals surface area (Å²) < 4.78 is 5.57. The molecule has 1 fully saturated rings. The number of ether oxygens (including phenoxy) is 1. The molecule has 0 saturated carbocycles. The lowest BCUT2D eigenvalue weighted by atomic mass is 9.81. The van der Waals surface area contributed by atoms with Crippen molar-refractivity contribution in [2.24, 2.45) is 5.92 Å². The van der Waals surface area contributed by atoms with Crippen molar-refractivity contribution in [2.45, 2.75) is 31.8 Å². The molecule has 164 valence electrons. The summed E-state index contributed by atoms with van der Waals surface area (Å²) in [6.45, 7) is 3.97. The van der Waals surface area contributed by atoms with Crippen LogP contribution in [0.25, 0.3) is 0 Å². The normalized spacial score (nSPS) is 23.2. The Morgan fingerprint density at radius 1 is 1.26 bits per heavy atom. The van der Waals surface area contributed by atoms with Crippen molar-refractivity contribution in [3.8, 4) is 5.75 Å². The van der Waals surface area contributed by atoms with E-state index in [1.54, 1.807) is 26.1 Å². The van der Waals surface area contributed by atoms with E-state index in [4.69, 9.17) is 4.74 Å². The van der Waals surface area contributed by atoms with Gasteiger partial charge < -0.3 is 15.0 Å². The summed E-state index contributed by atoms with van der Waals surface area (Å²) in [5.74, 6) is 0.528. The molecular formula is C25H31N3O3. The Morgan fingerprint density at radius 3 is 2.77 bits per heavy atom. The maximum Gasteiger partial charge on any atom is 0.252 e. The number of amides is 2. The lowest BCUT2D eigenvalue weighted by Crippen LogP contribution is -2.57. The van der Waals surface area contributed by atoms with E-state index in [0.29, 0.717) is 25.2 Å². The van der Waals surface area contributed by atoms with E-state index in [2.05, 4.69) is 23.2 Å². The lowest BCUT2D eigenvalue weighted by Gasteiger charge is -2.35. The number of likely N-dealkylation sites (tertiary alicyclic amines) is 1. The van der Waals surface area contributed by atoms with Crippen molar-refractivity contribution in [1.29, 1.82) is 0 Å². The Hall–Kier alpha value is -2.86. The molecule has 2 heterocycles. The third-order valence-corrected chi connectivity index (χ3v) is 6.65. The van der Waals surface area contributed by atoms with E-state index in [-0.39, 0.29) is 17.7 Å². The summed E-state index contributed by atoms with van der Waals surface area (Å²) in [6, 6.07) is 13.9. The van der Waals surface area contributed by atoms with Crippen LogP contribution in [-0.2, 0) is 17.8 Å². The Morgan fingerprint density at radius 2 is 2.03 bits per heavy atom. The highest BCUT2D eigenvalue weighted by atomic mass is 16.5. The smallest absolute Gasteiger partial charge is 0.252 e. The number of rotatable bonds is 4. The van der Waals surface area contributed by atoms with Gasteiger partial charge in [0.1, 0.15) is 5.75 Å². The second-order valence-electron chi connectivity index (χ2n) is 9.04. The molecule has 2 aromatic rings. The van der Waals surface area contributed by atoms with Gasteiger partial charge in [0, 0.05) is 44.9 Å². The topological polar surface area (TPSA) is 61.9 Å². The van der Waals surface area contributed by atoms with E-state index in [0.717, 1.165) is 29.7 Å². The summed E-state index contributed by atoms with van der Waals surface area (Å²) in [6.07, 6.45) is 1.51.